The van der Waals surface area contributed by atoms with Crippen molar-refractivity contribution in [2.75, 3.05) is 0 Å². The van der Waals surface area contributed by atoms with Crippen LogP contribution in [0.4, 0.5) is 0 Å². The van der Waals surface area contributed by atoms with E-state index in [1.54, 1.807) is 0 Å². The molecule has 0 spiro atoms. The van der Waals surface area contributed by atoms with Crippen LogP contribution in [0.15, 0.2) is 199 Å². The Kier molecular flexibility index (Phi) is 7.06. The van der Waals surface area contributed by atoms with Gasteiger partial charge in [-0.3, -0.25) is 5.32 Å². The Morgan fingerprint density at radius 3 is 1.91 bits per heavy atom. The Labute approximate surface area is 328 Å². The van der Waals surface area contributed by atoms with E-state index in [1.807, 2.05) is 6.07 Å². The molecule has 0 saturated carbocycles. The Morgan fingerprint density at radius 2 is 1.07 bits per heavy atom. The monoisotopic (exact) mass is 732 g/mol. The molecule has 0 radical (unpaired) electrons. The zero-order chi connectivity index (χ0) is 37.5. The van der Waals surface area contributed by atoms with Gasteiger partial charge in [-0.15, -0.1) is 0 Å². The van der Waals surface area contributed by atoms with Crippen LogP contribution in [-0.2, 0) is 0 Å². The second-order valence-electron chi connectivity index (χ2n) is 15.0. The van der Waals surface area contributed by atoms with Gasteiger partial charge in [-0.2, -0.15) is 0 Å². The van der Waals surface area contributed by atoms with E-state index in [4.69, 9.17) is 4.42 Å². The van der Waals surface area contributed by atoms with Crippen LogP contribution >= 0.6 is 0 Å². The fraction of sp³-hybridized carbons (Fsp3) is 0.0385. The van der Waals surface area contributed by atoms with E-state index in [9.17, 15) is 0 Å². The van der Waals surface area contributed by atoms with Gasteiger partial charge in [-0.1, -0.05) is 127 Å². The third kappa shape index (κ3) is 4.99. The van der Waals surface area contributed by atoms with Crippen LogP contribution < -0.4 is 10.6 Å². The molecule has 0 amide bonds. The van der Waals surface area contributed by atoms with E-state index in [2.05, 4.69) is 208 Å². The third-order valence-electron chi connectivity index (χ3n) is 11.8. The van der Waals surface area contributed by atoms with Crippen LogP contribution in [0.1, 0.15) is 28.9 Å². The summed E-state index contributed by atoms with van der Waals surface area (Å²) in [4.78, 5) is 0. The Bertz CT molecular complexity index is 3360. The lowest BCUT2D eigenvalue weighted by atomic mass is 9.98. The molecule has 270 valence electrons. The Balaban J connectivity index is 1.09. The van der Waals surface area contributed by atoms with Crippen LogP contribution in [0.5, 0.6) is 0 Å². The molecule has 3 aromatic heterocycles. The van der Waals surface area contributed by atoms with Crippen molar-refractivity contribution in [3.63, 3.8) is 0 Å². The average Bonchev–Trinajstić information content (AvgIpc) is 3.93. The summed E-state index contributed by atoms with van der Waals surface area (Å²) in [7, 11) is 0. The van der Waals surface area contributed by atoms with Crippen molar-refractivity contribution in [1.29, 1.82) is 0 Å². The summed E-state index contributed by atoms with van der Waals surface area (Å²) in [6.07, 6.45) is 2.18. The molecule has 4 heterocycles. The third-order valence-corrected chi connectivity index (χ3v) is 11.8. The number of benzene rings is 8. The summed E-state index contributed by atoms with van der Waals surface area (Å²) >= 11 is 0. The molecule has 8 aromatic carbocycles. The zero-order valence-corrected chi connectivity index (χ0v) is 30.9. The maximum atomic E-state index is 6.46. The largest absolute Gasteiger partial charge is 0.456 e. The van der Waals surface area contributed by atoms with E-state index < -0.39 is 0 Å². The zero-order valence-electron chi connectivity index (χ0n) is 30.9. The molecule has 0 fully saturated rings. The minimum absolute atomic E-state index is 0.0376. The molecule has 2 N–H and O–H groups in total. The number of aromatic nitrogens is 2. The van der Waals surface area contributed by atoms with Gasteiger partial charge >= 0.3 is 0 Å². The molecular formula is C52H36N4O. The van der Waals surface area contributed by atoms with Gasteiger partial charge in [0.1, 0.15) is 17.3 Å². The van der Waals surface area contributed by atoms with Gasteiger partial charge in [0.25, 0.3) is 0 Å². The predicted octanol–water partition coefficient (Wildman–Crippen LogP) is 12.8. The second kappa shape index (κ2) is 12.6. The molecule has 57 heavy (non-hydrogen) atoms. The first-order valence-electron chi connectivity index (χ1n) is 19.6. The summed E-state index contributed by atoms with van der Waals surface area (Å²) in [5.74, 6) is 0. The number of nitrogens with one attached hydrogen (secondary N) is 2. The highest BCUT2D eigenvalue weighted by molar-refractivity contribution is 6.29. The number of para-hydroxylation sites is 3. The van der Waals surface area contributed by atoms with E-state index >= 15 is 0 Å². The summed E-state index contributed by atoms with van der Waals surface area (Å²) < 4.78 is 11.3. The lowest BCUT2D eigenvalue weighted by Crippen LogP contribution is -2.39. The highest BCUT2D eigenvalue weighted by Crippen LogP contribution is 2.44. The van der Waals surface area contributed by atoms with Crippen molar-refractivity contribution in [2.24, 2.45) is 0 Å². The molecule has 0 bridgehead atoms. The molecule has 5 nitrogen and oxygen atoms in total. The van der Waals surface area contributed by atoms with Crippen LogP contribution in [0.3, 0.4) is 0 Å². The van der Waals surface area contributed by atoms with E-state index in [0.717, 1.165) is 55.6 Å². The SMILES string of the molecule is C1=C(c2ccccc2)NC(c2cccc(-n3c4ccccc4c4cc5c(cc43)c3c4c(ccc3n5-c3ccccc3)oc3ccccc34)c2)NC1c1ccccc1. The predicted molar refractivity (Wildman–Crippen MR) is 235 cm³/mol. The molecule has 0 saturated heterocycles. The van der Waals surface area contributed by atoms with Crippen molar-refractivity contribution in [3.05, 3.63) is 211 Å². The van der Waals surface area contributed by atoms with Crippen LogP contribution in [0.25, 0.3) is 82.6 Å². The van der Waals surface area contributed by atoms with Gasteiger partial charge in [0.2, 0.25) is 0 Å². The molecule has 2 unspecified atom stereocenters. The molecule has 2 atom stereocenters. The fourth-order valence-electron chi connectivity index (χ4n) is 9.23. The smallest absolute Gasteiger partial charge is 0.136 e. The number of rotatable bonds is 5. The number of furan rings is 1. The molecule has 1 aliphatic rings. The first-order chi connectivity index (χ1) is 28.3. The van der Waals surface area contributed by atoms with Crippen molar-refractivity contribution >= 4 is 71.2 Å². The fourth-order valence-corrected chi connectivity index (χ4v) is 9.23. The van der Waals surface area contributed by atoms with E-state index in [-0.39, 0.29) is 12.2 Å². The first kappa shape index (κ1) is 32.0. The normalized spacial score (nSPS) is 15.9. The molecule has 0 aliphatic carbocycles. The number of fused-ring (bicyclic) bond motifs is 10. The van der Waals surface area contributed by atoms with Gasteiger partial charge in [-0.25, -0.2) is 0 Å². The highest BCUT2D eigenvalue weighted by Gasteiger charge is 2.26. The van der Waals surface area contributed by atoms with Gasteiger partial charge in [-0.05, 0) is 83.4 Å². The van der Waals surface area contributed by atoms with E-state index in [1.165, 1.54) is 43.7 Å². The average molecular weight is 733 g/mol. The van der Waals surface area contributed by atoms with Gasteiger partial charge < -0.3 is 18.9 Å². The van der Waals surface area contributed by atoms with Crippen molar-refractivity contribution in [3.8, 4) is 11.4 Å². The van der Waals surface area contributed by atoms with Crippen molar-refractivity contribution in [1.82, 2.24) is 19.8 Å². The van der Waals surface area contributed by atoms with Gasteiger partial charge in [0.05, 0.1) is 28.1 Å². The summed E-state index contributed by atoms with van der Waals surface area (Å²) in [5.41, 5.74) is 13.4. The Hall–Kier alpha value is -7.34. The number of hydrogen-bond acceptors (Lipinski definition) is 3. The van der Waals surface area contributed by atoms with Crippen LogP contribution in [0.2, 0.25) is 0 Å². The van der Waals surface area contributed by atoms with Crippen molar-refractivity contribution in [2.45, 2.75) is 12.2 Å². The minimum atomic E-state index is -0.123. The van der Waals surface area contributed by atoms with Crippen molar-refractivity contribution < 1.29 is 4.42 Å². The van der Waals surface area contributed by atoms with Gasteiger partial charge in [0.15, 0.2) is 0 Å². The summed E-state index contributed by atoms with van der Waals surface area (Å²) in [5, 5.41) is 14.9. The minimum Gasteiger partial charge on any atom is -0.456 e. The van der Waals surface area contributed by atoms with Crippen LogP contribution in [0, 0.1) is 0 Å². The Morgan fingerprint density at radius 1 is 0.421 bits per heavy atom. The lowest BCUT2D eigenvalue weighted by Gasteiger charge is -2.33. The number of hydrogen-bond donors (Lipinski definition) is 2. The molecule has 5 heteroatoms. The molecule has 11 aromatic rings. The molecule has 1 aliphatic heterocycles. The number of nitrogens with zero attached hydrogens (tertiary/aromatic N) is 2. The maximum Gasteiger partial charge on any atom is 0.136 e. The quantitative estimate of drug-likeness (QED) is 0.185. The second-order valence-corrected chi connectivity index (χ2v) is 15.0. The van der Waals surface area contributed by atoms with Crippen LogP contribution in [-0.4, -0.2) is 9.13 Å². The first-order valence-corrected chi connectivity index (χ1v) is 19.6. The summed E-state index contributed by atoms with van der Waals surface area (Å²) in [6.45, 7) is 0. The van der Waals surface area contributed by atoms with Gasteiger partial charge in [0, 0.05) is 49.4 Å². The highest BCUT2D eigenvalue weighted by atomic mass is 16.3. The van der Waals surface area contributed by atoms with E-state index in [0.29, 0.717) is 0 Å². The topological polar surface area (TPSA) is 47.1 Å². The maximum absolute atomic E-state index is 6.46. The molecule has 12 rings (SSSR count). The molecular weight excluding hydrogens is 697 g/mol. The summed E-state index contributed by atoms with van der Waals surface area (Å²) in [6, 6.07) is 67.4. The lowest BCUT2D eigenvalue weighted by molar-refractivity contribution is 0.442. The standard InChI is InChI=1S/C52H36N4O/c1-4-15-33(16-5-1)42-32-43(34-17-6-2-7-18-34)54-52(53-42)35-19-14-22-37(29-35)56-44-25-12-10-23-38(44)40-30-47-41(31-46(40)56)50-45(55(47)36-20-8-3-9-21-36)27-28-49-51(50)39-24-11-13-26-48(39)57-49/h1-32,42,52-54H.